The summed E-state index contributed by atoms with van der Waals surface area (Å²) in [6, 6.07) is 4.27. The molecule has 2 rings (SSSR count). The summed E-state index contributed by atoms with van der Waals surface area (Å²) in [6.07, 6.45) is 4.04. The smallest absolute Gasteiger partial charge is 0.251 e. The second kappa shape index (κ2) is 5.48. The van der Waals surface area contributed by atoms with E-state index >= 15 is 0 Å². The minimum absolute atomic E-state index is 0.00826. The van der Waals surface area contributed by atoms with Crippen LogP contribution in [-0.4, -0.2) is 18.0 Å². The molecule has 0 spiro atoms. The van der Waals surface area contributed by atoms with Gasteiger partial charge in [-0.1, -0.05) is 18.9 Å². The Bertz CT molecular complexity index is 447. The fourth-order valence-corrected chi connectivity index (χ4v) is 2.42. The number of benzene rings is 1. The maximum Gasteiger partial charge on any atom is 0.251 e. The molecule has 0 aromatic heterocycles. The molecule has 1 aromatic rings. The summed E-state index contributed by atoms with van der Waals surface area (Å²) in [5.74, 6) is -0.618. The molecular formula is C14H19FN2O. The number of carbonyl (C=O) groups excluding carboxylic acids is 1. The molecular weight excluding hydrogens is 231 g/mol. The van der Waals surface area contributed by atoms with Crippen LogP contribution in [0.15, 0.2) is 18.2 Å². The zero-order valence-corrected chi connectivity index (χ0v) is 10.6. The predicted octanol–water partition coefficient (Wildman–Crippen LogP) is 2.13. The van der Waals surface area contributed by atoms with Gasteiger partial charge in [0, 0.05) is 17.6 Å². The van der Waals surface area contributed by atoms with Crippen molar-refractivity contribution in [3.63, 3.8) is 0 Å². The summed E-state index contributed by atoms with van der Waals surface area (Å²) in [5, 5.41) is 2.92. The van der Waals surface area contributed by atoms with Crippen LogP contribution in [0.2, 0.25) is 0 Å². The van der Waals surface area contributed by atoms with Crippen LogP contribution in [0.25, 0.3) is 0 Å². The van der Waals surface area contributed by atoms with E-state index in [0.717, 1.165) is 31.2 Å². The van der Waals surface area contributed by atoms with Gasteiger partial charge in [0.25, 0.3) is 5.91 Å². The maximum absolute atomic E-state index is 13.2. The van der Waals surface area contributed by atoms with E-state index < -0.39 is 5.82 Å². The Morgan fingerprint density at radius 1 is 1.39 bits per heavy atom. The number of nitrogens with one attached hydrogen (secondary N) is 1. The topological polar surface area (TPSA) is 55.1 Å². The average Bonchev–Trinajstić information content (AvgIpc) is 2.35. The highest BCUT2D eigenvalue weighted by molar-refractivity contribution is 5.95. The van der Waals surface area contributed by atoms with Gasteiger partial charge in [-0.15, -0.1) is 0 Å². The van der Waals surface area contributed by atoms with Crippen LogP contribution in [0.4, 0.5) is 4.39 Å². The SMILES string of the molecule is Cc1ccc(F)cc1C(=O)N[C@@H]1CCCC[C@H]1N. The third-order valence-corrected chi connectivity index (χ3v) is 3.58. The lowest BCUT2D eigenvalue weighted by molar-refractivity contribution is 0.0920. The number of nitrogens with two attached hydrogens (primary N) is 1. The largest absolute Gasteiger partial charge is 0.348 e. The molecule has 3 nitrogen and oxygen atoms in total. The maximum atomic E-state index is 13.2. The summed E-state index contributed by atoms with van der Waals surface area (Å²) >= 11 is 0. The molecule has 0 radical (unpaired) electrons. The van der Waals surface area contributed by atoms with Crippen molar-refractivity contribution in [3.05, 3.63) is 35.1 Å². The van der Waals surface area contributed by atoms with Gasteiger partial charge >= 0.3 is 0 Å². The first-order valence-corrected chi connectivity index (χ1v) is 6.40. The molecule has 0 unspecified atom stereocenters. The molecule has 0 bridgehead atoms. The summed E-state index contributed by atoms with van der Waals surface area (Å²) < 4.78 is 13.2. The molecule has 1 aliphatic rings. The molecule has 4 heteroatoms. The molecule has 18 heavy (non-hydrogen) atoms. The molecule has 2 atom stereocenters. The van der Waals surface area contributed by atoms with Crippen molar-refractivity contribution in [2.45, 2.75) is 44.7 Å². The van der Waals surface area contributed by atoms with Gasteiger partial charge in [-0.2, -0.15) is 0 Å². The first kappa shape index (κ1) is 13.0. The second-order valence-corrected chi connectivity index (χ2v) is 4.99. The van der Waals surface area contributed by atoms with Crippen molar-refractivity contribution < 1.29 is 9.18 Å². The Morgan fingerprint density at radius 2 is 2.11 bits per heavy atom. The van der Waals surface area contributed by atoms with Crippen LogP contribution in [-0.2, 0) is 0 Å². The minimum atomic E-state index is -0.390. The Morgan fingerprint density at radius 3 is 2.83 bits per heavy atom. The van der Waals surface area contributed by atoms with Gasteiger partial charge in [-0.3, -0.25) is 4.79 Å². The standard InChI is InChI=1S/C14H19FN2O/c1-9-6-7-10(15)8-11(9)14(18)17-13-5-3-2-4-12(13)16/h6-8,12-13H,2-5,16H2,1H3,(H,17,18)/t12-,13-/m1/s1. The quantitative estimate of drug-likeness (QED) is 0.845. The molecule has 1 saturated carbocycles. The van der Waals surface area contributed by atoms with E-state index in [-0.39, 0.29) is 18.0 Å². The Kier molecular flexibility index (Phi) is 3.97. The lowest BCUT2D eigenvalue weighted by Crippen LogP contribution is -2.49. The van der Waals surface area contributed by atoms with E-state index in [2.05, 4.69) is 5.32 Å². The fraction of sp³-hybridized carbons (Fsp3) is 0.500. The molecule has 1 aliphatic carbocycles. The van der Waals surface area contributed by atoms with E-state index in [1.54, 1.807) is 13.0 Å². The monoisotopic (exact) mass is 250 g/mol. The van der Waals surface area contributed by atoms with Gasteiger partial charge in [-0.25, -0.2) is 4.39 Å². The van der Waals surface area contributed by atoms with Crippen molar-refractivity contribution in [3.8, 4) is 0 Å². The lowest BCUT2D eigenvalue weighted by atomic mass is 9.90. The van der Waals surface area contributed by atoms with Crippen molar-refractivity contribution in [1.29, 1.82) is 0 Å². The van der Waals surface area contributed by atoms with Gasteiger partial charge < -0.3 is 11.1 Å². The molecule has 3 N–H and O–H groups in total. The van der Waals surface area contributed by atoms with Crippen LogP contribution < -0.4 is 11.1 Å². The number of rotatable bonds is 2. The highest BCUT2D eigenvalue weighted by Gasteiger charge is 2.24. The number of aryl methyl sites for hydroxylation is 1. The normalized spacial score (nSPS) is 23.7. The van der Waals surface area contributed by atoms with Gasteiger partial charge in [0.15, 0.2) is 0 Å². The highest BCUT2D eigenvalue weighted by Crippen LogP contribution is 2.18. The van der Waals surface area contributed by atoms with Crippen molar-refractivity contribution >= 4 is 5.91 Å². The van der Waals surface area contributed by atoms with E-state index in [9.17, 15) is 9.18 Å². The van der Waals surface area contributed by atoms with Gasteiger partial charge in [-0.05, 0) is 37.5 Å². The number of hydrogen-bond donors (Lipinski definition) is 2. The van der Waals surface area contributed by atoms with Gasteiger partial charge in [0.1, 0.15) is 5.82 Å². The Hall–Kier alpha value is -1.42. The average molecular weight is 250 g/mol. The minimum Gasteiger partial charge on any atom is -0.348 e. The number of carbonyl (C=O) groups is 1. The number of hydrogen-bond acceptors (Lipinski definition) is 2. The summed E-state index contributed by atoms with van der Waals surface area (Å²) in [5.41, 5.74) is 7.16. The van der Waals surface area contributed by atoms with Crippen molar-refractivity contribution in [1.82, 2.24) is 5.32 Å². The first-order chi connectivity index (χ1) is 8.58. The summed E-state index contributed by atoms with van der Waals surface area (Å²) in [7, 11) is 0. The number of halogens is 1. The molecule has 0 saturated heterocycles. The molecule has 98 valence electrons. The van der Waals surface area contributed by atoms with Crippen LogP contribution in [0.3, 0.4) is 0 Å². The first-order valence-electron chi connectivity index (χ1n) is 6.40. The zero-order valence-electron chi connectivity index (χ0n) is 10.6. The van der Waals surface area contributed by atoms with E-state index in [4.69, 9.17) is 5.73 Å². The Balaban J connectivity index is 2.09. The third kappa shape index (κ3) is 2.88. The van der Waals surface area contributed by atoms with Crippen molar-refractivity contribution in [2.75, 3.05) is 0 Å². The summed E-state index contributed by atoms with van der Waals surface area (Å²) in [6.45, 7) is 1.80. The molecule has 0 heterocycles. The second-order valence-electron chi connectivity index (χ2n) is 4.99. The molecule has 0 aliphatic heterocycles. The summed E-state index contributed by atoms with van der Waals surface area (Å²) in [4.78, 5) is 12.1. The van der Waals surface area contributed by atoms with E-state index in [1.807, 2.05) is 0 Å². The van der Waals surface area contributed by atoms with Crippen LogP contribution >= 0.6 is 0 Å². The Labute approximate surface area is 107 Å². The van der Waals surface area contributed by atoms with Crippen LogP contribution in [0.1, 0.15) is 41.6 Å². The van der Waals surface area contributed by atoms with E-state index in [0.29, 0.717) is 5.56 Å². The van der Waals surface area contributed by atoms with Crippen LogP contribution in [0, 0.1) is 12.7 Å². The van der Waals surface area contributed by atoms with Gasteiger partial charge in [0.05, 0.1) is 0 Å². The lowest BCUT2D eigenvalue weighted by Gasteiger charge is -2.29. The third-order valence-electron chi connectivity index (χ3n) is 3.58. The molecule has 1 aromatic carbocycles. The predicted molar refractivity (Wildman–Crippen MR) is 68.8 cm³/mol. The molecule has 1 fully saturated rings. The highest BCUT2D eigenvalue weighted by atomic mass is 19.1. The van der Waals surface area contributed by atoms with Crippen LogP contribution in [0.5, 0.6) is 0 Å². The van der Waals surface area contributed by atoms with Crippen molar-refractivity contribution in [2.24, 2.45) is 5.73 Å². The fourth-order valence-electron chi connectivity index (χ4n) is 2.42. The molecule has 1 amide bonds. The number of amides is 1. The zero-order chi connectivity index (χ0) is 13.1. The van der Waals surface area contributed by atoms with Gasteiger partial charge in [0.2, 0.25) is 0 Å². The van der Waals surface area contributed by atoms with E-state index in [1.165, 1.54) is 12.1 Å².